The fourth-order valence-corrected chi connectivity index (χ4v) is 4.30. The number of anilines is 1. The smallest absolute Gasteiger partial charge is 0.245 e. The quantitative estimate of drug-likeness (QED) is 0.843. The molecule has 26 heavy (non-hydrogen) atoms. The number of nitrogens with zero attached hydrogens (tertiary/aromatic N) is 1. The van der Waals surface area contributed by atoms with Crippen molar-refractivity contribution in [1.29, 1.82) is 0 Å². The number of hydrogen-bond donors (Lipinski definition) is 2. The molecule has 1 aromatic heterocycles. The van der Waals surface area contributed by atoms with Gasteiger partial charge in [-0.15, -0.1) is 11.3 Å². The Balaban J connectivity index is 1.50. The molecule has 0 spiro atoms. The predicted octanol–water partition coefficient (Wildman–Crippen LogP) is 3.07. The molecule has 1 aliphatic carbocycles. The molecule has 1 saturated carbocycles. The average molecular weight is 375 g/mol. The number of rotatable bonds is 5. The minimum Gasteiger partial charge on any atom is -0.375 e. The van der Waals surface area contributed by atoms with Crippen LogP contribution in [0.15, 0.2) is 24.3 Å². The van der Waals surface area contributed by atoms with Crippen molar-refractivity contribution in [1.82, 2.24) is 10.3 Å². The van der Waals surface area contributed by atoms with E-state index in [2.05, 4.69) is 15.6 Å². The van der Waals surface area contributed by atoms with Crippen LogP contribution in [0.4, 0.5) is 9.52 Å². The van der Waals surface area contributed by atoms with E-state index in [4.69, 9.17) is 4.74 Å². The van der Waals surface area contributed by atoms with Crippen molar-refractivity contribution in [3.05, 3.63) is 46.2 Å². The lowest BCUT2D eigenvalue weighted by atomic mass is 10.1. The Kier molecular flexibility index (Phi) is 5.02. The van der Waals surface area contributed by atoms with E-state index < -0.39 is 0 Å². The number of amides is 1. The Bertz CT molecular complexity index is 789. The van der Waals surface area contributed by atoms with Gasteiger partial charge < -0.3 is 15.4 Å². The van der Waals surface area contributed by atoms with Gasteiger partial charge in [0.15, 0.2) is 5.13 Å². The second-order valence-corrected chi connectivity index (χ2v) is 7.99. The largest absolute Gasteiger partial charge is 0.375 e. The number of ether oxygens (including phenoxy) is 1. The Labute approximate surface area is 156 Å². The van der Waals surface area contributed by atoms with E-state index in [0.717, 1.165) is 29.0 Å². The van der Waals surface area contributed by atoms with Gasteiger partial charge in [0.2, 0.25) is 5.91 Å². The number of aromatic nitrogens is 1. The van der Waals surface area contributed by atoms with Crippen molar-refractivity contribution < 1.29 is 13.9 Å². The van der Waals surface area contributed by atoms with Crippen LogP contribution in [-0.2, 0) is 16.0 Å². The van der Waals surface area contributed by atoms with Crippen molar-refractivity contribution in [2.45, 2.75) is 44.2 Å². The molecular formula is C19H22FN3O2S. The van der Waals surface area contributed by atoms with Crippen molar-refractivity contribution in [2.24, 2.45) is 0 Å². The summed E-state index contributed by atoms with van der Waals surface area (Å²) in [5.41, 5.74) is 2.13. The molecule has 1 aromatic carbocycles. The lowest BCUT2D eigenvalue weighted by Gasteiger charge is -2.28. The van der Waals surface area contributed by atoms with Crippen molar-refractivity contribution in [3.63, 3.8) is 0 Å². The second kappa shape index (κ2) is 7.42. The molecule has 1 saturated heterocycles. The molecule has 1 aliphatic heterocycles. The Hall–Kier alpha value is -1.83. The van der Waals surface area contributed by atoms with Gasteiger partial charge in [-0.05, 0) is 37.5 Å². The average Bonchev–Trinajstić information content (AvgIpc) is 3.40. The van der Waals surface area contributed by atoms with E-state index in [0.29, 0.717) is 30.6 Å². The van der Waals surface area contributed by atoms with E-state index in [1.165, 1.54) is 23.5 Å². The van der Waals surface area contributed by atoms with Gasteiger partial charge in [-0.25, -0.2) is 9.37 Å². The summed E-state index contributed by atoms with van der Waals surface area (Å²) >= 11 is 1.52. The van der Waals surface area contributed by atoms with Crippen molar-refractivity contribution >= 4 is 22.4 Å². The lowest BCUT2D eigenvalue weighted by molar-refractivity contribution is -0.123. The van der Waals surface area contributed by atoms with Gasteiger partial charge in [0.1, 0.15) is 11.9 Å². The summed E-state index contributed by atoms with van der Waals surface area (Å²) in [6.45, 7) is 3.19. The summed E-state index contributed by atoms with van der Waals surface area (Å²) in [7, 11) is 0. The number of hydrogen-bond acceptors (Lipinski definition) is 5. The highest BCUT2D eigenvalue weighted by atomic mass is 32.1. The van der Waals surface area contributed by atoms with Gasteiger partial charge in [-0.3, -0.25) is 4.79 Å². The number of carbonyl (C=O) groups is 1. The highest BCUT2D eigenvalue weighted by Crippen LogP contribution is 2.44. The third-order valence-electron chi connectivity index (χ3n) is 4.80. The summed E-state index contributed by atoms with van der Waals surface area (Å²) in [6, 6.07) is 6.19. The first-order valence-corrected chi connectivity index (χ1v) is 9.81. The maximum atomic E-state index is 13.1. The van der Waals surface area contributed by atoms with Crippen LogP contribution >= 0.6 is 11.3 Å². The van der Waals surface area contributed by atoms with Crippen LogP contribution in [0.2, 0.25) is 0 Å². The van der Waals surface area contributed by atoms with Gasteiger partial charge in [-0.2, -0.15) is 0 Å². The number of morpholine rings is 1. The molecule has 2 heterocycles. The van der Waals surface area contributed by atoms with Gasteiger partial charge in [0, 0.05) is 23.8 Å². The first-order valence-electron chi connectivity index (χ1n) is 9.00. The van der Waals surface area contributed by atoms with E-state index in [1.807, 2.05) is 6.92 Å². The number of halogens is 1. The zero-order chi connectivity index (χ0) is 18.1. The highest BCUT2D eigenvalue weighted by molar-refractivity contribution is 7.15. The Morgan fingerprint density at radius 2 is 2.15 bits per heavy atom. The van der Waals surface area contributed by atoms with Crippen LogP contribution in [0.5, 0.6) is 0 Å². The maximum absolute atomic E-state index is 13.1. The molecular weight excluding hydrogens is 353 g/mol. The third kappa shape index (κ3) is 3.95. The van der Waals surface area contributed by atoms with Gasteiger partial charge in [-0.1, -0.05) is 12.1 Å². The number of carbonyl (C=O) groups excluding carboxylic acids is 1. The summed E-state index contributed by atoms with van der Waals surface area (Å²) in [5, 5.41) is 6.77. The van der Waals surface area contributed by atoms with Crippen molar-refractivity contribution in [2.75, 3.05) is 18.5 Å². The summed E-state index contributed by atoms with van der Waals surface area (Å²) < 4.78 is 18.7. The SMILES string of the molecule is C[C@H]1OCCN[C@@H]1C(=O)Nc1nc(C2CC2)c(Cc2ccc(F)cc2)s1. The van der Waals surface area contributed by atoms with Gasteiger partial charge >= 0.3 is 0 Å². The van der Waals surface area contributed by atoms with Crippen LogP contribution in [0.1, 0.15) is 41.8 Å². The molecule has 5 nitrogen and oxygen atoms in total. The van der Waals surface area contributed by atoms with Crippen LogP contribution in [-0.4, -0.2) is 36.2 Å². The zero-order valence-electron chi connectivity index (χ0n) is 14.6. The fourth-order valence-electron chi connectivity index (χ4n) is 3.22. The molecule has 7 heteroatoms. The van der Waals surface area contributed by atoms with Crippen LogP contribution in [0.25, 0.3) is 0 Å². The molecule has 0 radical (unpaired) electrons. The van der Waals surface area contributed by atoms with Crippen LogP contribution < -0.4 is 10.6 Å². The third-order valence-corrected chi connectivity index (χ3v) is 5.79. The number of nitrogens with one attached hydrogen (secondary N) is 2. The minimum absolute atomic E-state index is 0.110. The number of thiazole rings is 1. The van der Waals surface area contributed by atoms with Crippen molar-refractivity contribution in [3.8, 4) is 0 Å². The topological polar surface area (TPSA) is 63.2 Å². The number of benzene rings is 1. The first-order chi connectivity index (χ1) is 12.6. The van der Waals surface area contributed by atoms with Crippen LogP contribution in [0.3, 0.4) is 0 Å². The minimum atomic E-state index is -0.363. The normalized spacial score (nSPS) is 23.0. The van der Waals surface area contributed by atoms with Gasteiger partial charge in [0.05, 0.1) is 18.4 Å². The molecule has 2 N–H and O–H groups in total. The molecule has 138 valence electrons. The van der Waals surface area contributed by atoms with Gasteiger partial charge in [0.25, 0.3) is 0 Å². The molecule has 0 bridgehead atoms. The molecule has 2 fully saturated rings. The highest BCUT2D eigenvalue weighted by Gasteiger charge is 2.32. The first kappa shape index (κ1) is 17.6. The summed E-state index contributed by atoms with van der Waals surface area (Å²) in [6.07, 6.45) is 2.83. The monoisotopic (exact) mass is 375 g/mol. The lowest BCUT2D eigenvalue weighted by Crippen LogP contribution is -2.53. The summed E-state index contributed by atoms with van der Waals surface area (Å²) in [5.74, 6) is 0.147. The molecule has 0 unspecified atom stereocenters. The predicted molar refractivity (Wildman–Crippen MR) is 99.1 cm³/mol. The molecule has 2 aromatic rings. The maximum Gasteiger partial charge on any atom is 0.245 e. The Morgan fingerprint density at radius 1 is 1.38 bits per heavy atom. The molecule has 2 atom stereocenters. The zero-order valence-corrected chi connectivity index (χ0v) is 15.4. The van der Waals surface area contributed by atoms with Crippen LogP contribution in [0, 0.1) is 5.82 Å². The summed E-state index contributed by atoms with van der Waals surface area (Å²) in [4.78, 5) is 18.4. The van der Waals surface area contributed by atoms with E-state index >= 15 is 0 Å². The van der Waals surface area contributed by atoms with E-state index in [-0.39, 0.29) is 23.9 Å². The molecule has 4 rings (SSSR count). The second-order valence-electron chi connectivity index (χ2n) is 6.90. The van der Waals surface area contributed by atoms with E-state index in [1.54, 1.807) is 12.1 Å². The van der Waals surface area contributed by atoms with E-state index in [9.17, 15) is 9.18 Å². The standard InChI is InChI=1S/C19H22FN3O2S/c1-11-16(21-8-9-25-11)18(24)23-19-22-17(13-4-5-13)15(26-19)10-12-2-6-14(20)7-3-12/h2-3,6-7,11,13,16,21H,4-5,8-10H2,1H3,(H,22,23,24)/t11-,16+/m1/s1. The Morgan fingerprint density at radius 3 is 2.85 bits per heavy atom. The molecule has 2 aliphatic rings. The fraction of sp³-hybridized carbons (Fsp3) is 0.474. The molecule has 1 amide bonds.